The summed E-state index contributed by atoms with van der Waals surface area (Å²) in [6, 6.07) is -4.58. The van der Waals surface area contributed by atoms with Gasteiger partial charge >= 0.3 is 22.4 Å². The molecule has 0 rings (SSSR count). The Morgan fingerprint density at radius 1 is 1.50 bits per heavy atom. The summed E-state index contributed by atoms with van der Waals surface area (Å²) in [5.74, 6) is -2.19. The van der Waals surface area contributed by atoms with Crippen LogP contribution in [0, 0.1) is 0 Å². The number of methoxy groups -OCH3 is 1. The van der Waals surface area contributed by atoms with E-state index in [1.807, 2.05) is 0 Å². The van der Waals surface area contributed by atoms with Crippen molar-refractivity contribution in [1.82, 2.24) is 4.72 Å². The summed E-state index contributed by atoms with van der Waals surface area (Å²) in [5.41, 5.74) is 0. The molecular formula is C3H4F3NO4S. The van der Waals surface area contributed by atoms with Crippen molar-refractivity contribution in [3.63, 3.8) is 0 Å². The molecule has 5 nitrogen and oxygen atoms in total. The summed E-state index contributed by atoms with van der Waals surface area (Å²) < 4.78 is 58.6. The van der Waals surface area contributed by atoms with Crippen LogP contribution in [0.1, 0.15) is 0 Å². The van der Waals surface area contributed by atoms with Crippen LogP contribution >= 0.6 is 0 Å². The molecule has 0 aliphatic carbocycles. The number of carbonyl (C=O) groups excluding carboxylic acids is 1. The highest BCUT2D eigenvalue weighted by Crippen LogP contribution is 2.12. The van der Waals surface area contributed by atoms with Gasteiger partial charge in [-0.1, -0.05) is 3.89 Å². The molecule has 9 heteroatoms. The van der Waals surface area contributed by atoms with Crippen LogP contribution in [0.3, 0.4) is 0 Å². The number of hydrogen-bond donors (Lipinski definition) is 1. The molecule has 0 aliphatic rings. The van der Waals surface area contributed by atoms with Crippen LogP contribution in [0.15, 0.2) is 0 Å². The molecule has 0 bridgehead atoms. The van der Waals surface area contributed by atoms with E-state index in [0.717, 1.165) is 0 Å². The summed E-state index contributed by atoms with van der Waals surface area (Å²) in [6.45, 7) is 0. The number of nitrogens with one attached hydrogen (secondary N) is 1. The Labute approximate surface area is 65.8 Å². The first-order valence-electron chi connectivity index (χ1n) is 2.39. The predicted molar refractivity (Wildman–Crippen MR) is 30.1 cm³/mol. The Balaban J connectivity index is 4.54. The minimum absolute atomic E-state index is 0.144. The van der Waals surface area contributed by atoms with Crippen molar-refractivity contribution in [3.8, 4) is 0 Å². The van der Waals surface area contributed by atoms with Gasteiger partial charge in [-0.05, 0) is 0 Å². The fourth-order valence-electron chi connectivity index (χ4n) is 0.323. The smallest absolute Gasteiger partial charge is 0.413 e. The Kier molecular flexibility index (Phi) is 3.04. The molecule has 0 fully saturated rings. The molecule has 0 atom stereocenters. The Morgan fingerprint density at radius 3 is 2.17 bits per heavy atom. The van der Waals surface area contributed by atoms with E-state index >= 15 is 0 Å². The van der Waals surface area contributed by atoms with Crippen LogP contribution in [0.25, 0.3) is 0 Å². The van der Waals surface area contributed by atoms with E-state index in [-0.39, 0.29) is 4.72 Å². The SMILES string of the molecule is COC(=O)C(F)(F)NS(=O)(=O)F. The number of rotatable bonds is 3. The predicted octanol–water partition coefficient (Wildman–Crippen LogP) is -0.444. The van der Waals surface area contributed by atoms with Gasteiger partial charge in [0.05, 0.1) is 7.11 Å². The number of esters is 1. The van der Waals surface area contributed by atoms with Gasteiger partial charge in [-0.3, -0.25) is 0 Å². The lowest BCUT2D eigenvalue weighted by Crippen LogP contribution is -2.46. The highest BCUT2D eigenvalue weighted by Gasteiger charge is 2.44. The van der Waals surface area contributed by atoms with Gasteiger partial charge in [0.2, 0.25) is 0 Å². The van der Waals surface area contributed by atoms with Crippen molar-refractivity contribution in [2.45, 2.75) is 6.05 Å². The van der Waals surface area contributed by atoms with Crippen molar-refractivity contribution >= 4 is 16.4 Å². The molecule has 0 saturated heterocycles. The minimum Gasteiger partial charge on any atom is -0.463 e. The van der Waals surface area contributed by atoms with Crippen LogP contribution in [0.2, 0.25) is 0 Å². The maximum Gasteiger partial charge on any atom is 0.413 e. The molecule has 0 unspecified atom stereocenters. The van der Waals surface area contributed by atoms with Gasteiger partial charge in [0.25, 0.3) is 0 Å². The largest absolute Gasteiger partial charge is 0.463 e. The Bertz CT molecular complexity index is 273. The molecule has 0 spiro atoms. The van der Waals surface area contributed by atoms with Crippen molar-refractivity contribution < 1.29 is 30.6 Å². The fraction of sp³-hybridized carbons (Fsp3) is 0.667. The Morgan fingerprint density at radius 2 is 1.92 bits per heavy atom. The van der Waals surface area contributed by atoms with Crippen LogP contribution in [-0.4, -0.2) is 27.5 Å². The van der Waals surface area contributed by atoms with Crippen molar-refractivity contribution in [2.24, 2.45) is 0 Å². The Hall–Kier alpha value is -0.830. The number of alkyl halides is 2. The van der Waals surface area contributed by atoms with E-state index < -0.39 is 22.4 Å². The summed E-state index contributed by atoms with van der Waals surface area (Å²) in [5, 5.41) is 0. The lowest BCUT2D eigenvalue weighted by Gasteiger charge is -2.10. The highest BCUT2D eigenvalue weighted by atomic mass is 32.3. The molecule has 12 heavy (non-hydrogen) atoms. The molecule has 72 valence electrons. The second-order valence-electron chi connectivity index (χ2n) is 1.61. The average molecular weight is 207 g/mol. The molecule has 0 radical (unpaired) electrons. The molecule has 0 amide bonds. The van der Waals surface area contributed by atoms with Gasteiger partial charge in [0.15, 0.2) is 0 Å². The summed E-state index contributed by atoms with van der Waals surface area (Å²) in [4.78, 5) is 10.0. The number of halogens is 3. The maximum absolute atomic E-state index is 12.1. The van der Waals surface area contributed by atoms with E-state index in [0.29, 0.717) is 7.11 Å². The lowest BCUT2D eigenvalue weighted by atomic mass is 10.6. The molecular weight excluding hydrogens is 203 g/mol. The molecule has 0 aromatic heterocycles. The molecule has 0 heterocycles. The molecule has 1 N–H and O–H groups in total. The molecule has 0 aliphatic heterocycles. The number of ether oxygens (including phenoxy) is 1. The van der Waals surface area contributed by atoms with E-state index in [1.54, 1.807) is 0 Å². The minimum atomic E-state index is -5.64. The van der Waals surface area contributed by atoms with E-state index in [2.05, 4.69) is 4.74 Å². The maximum atomic E-state index is 12.1. The molecule has 0 aromatic carbocycles. The molecule has 0 saturated carbocycles. The van der Waals surface area contributed by atoms with Crippen LogP contribution in [-0.2, 0) is 19.9 Å². The third kappa shape index (κ3) is 3.53. The zero-order valence-corrected chi connectivity index (χ0v) is 6.49. The van der Waals surface area contributed by atoms with Gasteiger partial charge in [-0.15, -0.1) is 4.72 Å². The normalized spacial score (nSPS) is 12.7. The number of carbonyl (C=O) groups is 1. The van der Waals surface area contributed by atoms with Crippen LogP contribution in [0.5, 0.6) is 0 Å². The first-order valence-corrected chi connectivity index (χ1v) is 3.77. The first kappa shape index (κ1) is 11.2. The van der Waals surface area contributed by atoms with Gasteiger partial charge in [-0.25, -0.2) is 4.79 Å². The van der Waals surface area contributed by atoms with Crippen molar-refractivity contribution in [3.05, 3.63) is 0 Å². The van der Waals surface area contributed by atoms with Gasteiger partial charge in [0.1, 0.15) is 0 Å². The van der Waals surface area contributed by atoms with E-state index in [1.165, 1.54) is 0 Å². The van der Waals surface area contributed by atoms with Crippen molar-refractivity contribution in [2.75, 3.05) is 7.11 Å². The summed E-state index contributed by atoms with van der Waals surface area (Å²) >= 11 is 0. The van der Waals surface area contributed by atoms with Gasteiger partial charge in [0, 0.05) is 0 Å². The van der Waals surface area contributed by atoms with Crippen LogP contribution < -0.4 is 4.72 Å². The third-order valence-electron chi connectivity index (χ3n) is 0.692. The fourth-order valence-corrected chi connectivity index (χ4v) is 0.713. The monoisotopic (exact) mass is 207 g/mol. The highest BCUT2D eigenvalue weighted by molar-refractivity contribution is 7.84. The lowest BCUT2D eigenvalue weighted by molar-refractivity contribution is -0.170. The summed E-state index contributed by atoms with van der Waals surface area (Å²) in [7, 11) is -5.04. The topological polar surface area (TPSA) is 72.5 Å². The second-order valence-corrected chi connectivity index (χ2v) is 2.69. The standard InChI is InChI=1S/C3H4F3NO4S/c1-11-2(8)3(4,5)7-12(6,9)10/h7H,1H3. The third-order valence-corrected chi connectivity index (χ3v) is 1.19. The molecule has 0 aromatic rings. The van der Waals surface area contributed by atoms with Gasteiger partial charge in [-0.2, -0.15) is 17.2 Å². The first-order chi connectivity index (χ1) is 5.19. The van der Waals surface area contributed by atoms with Crippen LogP contribution in [0.4, 0.5) is 12.7 Å². The van der Waals surface area contributed by atoms with Crippen molar-refractivity contribution in [1.29, 1.82) is 0 Å². The van der Waals surface area contributed by atoms with E-state index in [4.69, 9.17) is 0 Å². The average Bonchev–Trinajstić information content (AvgIpc) is 1.80. The van der Waals surface area contributed by atoms with E-state index in [9.17, 15) is 25.9 Å². The summed E-state index contributed by atoms with van der Waals surface area (Å²) in [6.07, 6.45) is 0. The second kappa shape index (κ2) is 3.27. The zero-order chi connectivity index (χ0) is 9.99. The number of hydrogen-bond acceptors (Lipinski definition) is 4. The quantitative estimate of drug-likeness (QED) is 0.386. The van der Waals surface area contributed by atoms with Gasteiger partial charge < -0.3 is 4.74 Å². The zero-order valence-electron chi connectivity index (χ0n) is 5.68.